The van der Waals surface area contributed by atoms with Gasteiger partial charge in [-0.25, -0.2) is 4.79 Å². The summed E-state index contributed by atoms with van der Waals surface area (Å²) in [6.45, 7) is 8.13. The average Bonchev–Trinajstić information content (AvgIpc) is 3.06. The smallest absolute Gasteiger partial charge is 0.338 e. The van der Waals surface area contributed by atoms with Crippen LogP contribution in [0.1, 0.15) is 36.7 Å². The van der Waals surface area contributed by atoms with Gasteiger partial charge in [0.2, 0.25) is 0 Å². The second-order valence-electron chi connectivity index (χ2n) is 6.28. The molecule has 128 valence electrons. The first kappa shape index (κ1) is 17.8. The molecule has 5 nitrogen and oxygen atoms in total. The van der Waals surface area contributed by atoms with Crippen LogP contribution < -0.4 is 5.32 Å². The lowest BCUT2D eigenvalue weighted by Crippen LogP contribution is -2.37. The first-order chi connectivity index (χ1) is 11.4. The zero-order valence-corrected chi connectivity index (χ0v) is 14.6. The summed E-state index contributed by atoms with van der Waals surface area (Å²) in [5.41, 5.74) is 2.38. The molecule has 0 aliphatic heterocycles. The van der Waals surface area contributed by atoms with Crippen LogP contribution in [-0.2, 0) is 9.53 Å². The molecule has 0 radical (unpaired) electrons. The minimum atomic E-state index is -0.826. The normalized spacial score (nSPS) is 12.0. The Morgan fingerprint density at radius 1 is 1.17 bits per heavy atom. The Hall–Kier alpha value is -2.56. The Labute approximate surface area is 142 Å². The van der Waals surface area contributed by atoms with Gasteiger partial charge in [0.05, 0.1) is 5.56 Å². The van der Waals surface area contributed by atoms with Crippen molar-refractivity contribution < 1.29 is 14.3 Å². The van der Waals surface area contributed by atoms with Gasteiger partial charge in [-0.15, -0.1) is 0 Å². The van der Waals surface area contributed by atoms with Crippen molar-refractivity contribution >= 4 is 11.9 Å². The van der Waals surface area contributed by atoms with Gasteiger partial charge in [0.1, 0.15) is 0 Å². The number of nitrogens with one attached hydrogen (secondary N) is 1. The second-order valence-corrected chi connectivity index (χ2v) is 6.28. The van der Waals surface area contributed by atoms with Crippen molar-refractivity contribution in [3.05, 3.63) is 53.9 Å². The summed E-state index contributed by atoms with van der Waals surface area (Å²) >= 11 is 0. The molecule has 0 spiro atoms. The van der Waals surface area contributed by atoms with Gasteiger partial charge in [-0.05, 0) is 49.6 Å². The Bertz CT molecular complexity index is 705. The molecule has 1 aromatic heterocycles. The number of benzene rings is 1. The molecule has 1 aromatic carbocycles. The van der Waals surface area contributed by atoms with Crippen LogP contribution in [0.15, 0.2) is 42.7 Å². The number of carbonyl (C=O) groups excluding carboxylic acids is 2. The Balaban J connectivity index is 2.07. The van der Waals surface area contributed by atoms with Crippen LogP contribution in [0.2, 0.25) is 0 Å². The minimum absolute atomic E-state index is 0.283. The molecule has 1 N–H and O–H groups in total. The van der Waals surface area contributed by atoms with Crippen molar-refractivity contribution in [2.24, 2.45) is 5.92 Å². The van der Waals surface area contributed by atoms with E-state index in [1.54, 1.807) is 19.1 Å². The Morgan fingerprint density at radius 3 is 2.46 bits per heavy atom. The molecule has 5 heteroatoms. The molecule has 1 atom stereocenters. The second kappa shape index (κ2) is 7.81. The average molecular weight is 328 g/mol. The van der Waals surface area contributed by atoms with Crippen LogP contribution in [0.5, 0.6) is 0 Å². The number of esters is 1. The lowest BCUT2D eigenvalue weighted by molar-refractivity contribution is -0.129. The SMILES string of the molecule is Cc1ccc(C(=O)OC(C)C(=O)NCC(C)C)cc1-n1cccc1. The summed E-state index contributed by atoms with van der Waals surface area (Å²) in [4.78, 5) is 24.2. The van der Waals surface area contributed by atoms with E-state index in [9.17, 15) is 9.59 Å². The van der Waals surface area contributed by atoms with Crippen LogP contribution in [0.3, 0.4) is 0 Å². The van der Waals surface area contributed by atoms with Crippen molar-refractivity contribution in [3.63, 3.8) is 0 Å². The van der Waals surface area contributed by atoms with Gasteiger partial charge in [-0.3, -0.25) is 4.79 Å². The third-order valence-electron chi connectivity index (χ3n) is 3.67. The number of nitrogens with zero attached hydrogens (tertiary/aromatic N) is 1. The number of amides is 1. The van der Waals surface area contributed by atoms with Crippen LogP contribution in [-0.4, -0.2) is 29.1 Å². The van der Waals surface area contributed by atoms with Gasteiger partial charge in [-0.1, -0.05) is 19.9 Å². The number of hydrogen-bond donors (Lipinski definition) is 1. The molecule has 2 rings (SSSR count). The molecule has 24 heavy (non-hydrogen) atoms. The van der Waals surface area contributed by atoms with E-state index in [0.717, 1.165) is 11.3 Å². The van der Waals surface area contributed by atoms with E-state index in [2.05, 4.69) is 5.32 Å². The van der Waals surface area contributed by atoms with Crippen LogP contribution >= 0.6 is 0 Å². The standard InChI is InChI=1S/C19H24N2O3/c1-13(2)12-20-18(22)15(4)24-19(23)16-8-7-14(3)17(11-16)21-9-5-6-10-21/h5-11,13,15H,12H2,1-4H3,(H,20,22). The molecule has 1 unspecified atom stereocenters. The summed E-state index contributed by atoms with van der Waals surface area (Å²) < 4.78 is 7.22. The van der Waals surface area contributed by atoms with E-state index in [4.69, 9.17) is 4.74 Å². The van der Waals surface area contributed by atoms with Gasteiger partial charge in [0.25, 0.3) is 5.91 Å². The molecule has 0 bridgehead atoms. The van der Waals surface area contributed by atoms with E-state index in [0.29, 0.717) is 18.0 Å². The topological polar surface area (TPSA) is 60.3 Å². The molecule has 0 saturated carbocycles. The van der Waals surface area contributed by atoms with Gasteiger partial charge in [-0.2, -0.15) is 0 Å². The fourth-order valence-corrected chi connectivity index (χ4v) is 2.24. The van der Waals surface area contributed by atoms with Crippen LogP contribution in [0, 0.1) is 12.8 Å². The van der Waals surface area contributed by atoms with Crippen molar-refractivity contribution in [2.75, 3.05) is 6.54 Å². The summed E-state index contributed by atoms with van der Waals surface area (Å²) in [6, 6.07) is 9.20. The first-order valence-corrected chi connectivity index (χ1v) is 8.11. The highest BCUT2D eigenvalue weighted by molar-refractivity contribution is 5.92. The lowest BCUT2D eigenvalue weighted by Gasteiger charge is -2.15. The van der Waals surface area contributed by atoms with Gasteiger partial charge in [0, 0.05) is 24.6 Å². The molecule has 2 aromatic rings. The number of aromatic nitrogens is 1. The molecular formula is C19H24N2O3. The van der Waals surface area contributed by atoms with Crippen molar-refractivity contribution in [2.45, 2.75) is 33.8 Å². The maximum Gasteiger partial charge on any atom is 0.338 e. The summed E-state index contributed by atoms with van der Waals surface area (Å²) in [6.07, 6.45) is 3.01. The zero-order valence-electron chi connectivity index (χ0n) is 14.6. The van der Waals surface area contributed by atoms with Crippen LogP contribution in [0.4, 0.5) is 0 Å². The molecule has 0 saturated heterocycles. The number of aryl methyl sites for hydroxylation is 1. The highest BCUT2D eigenvalue weighted by Crippen LogP contribution is 2.17. The third kappa shape index (κ3) is 4.47. The molecular weight excluding hydrogens is 304 g/mol. The van der Waals surface area contributed by atoms with E-state index in [-0.39, 0.29) is 5.91 Å². The highest BCUT2D eigenvalue weighted by Gasteiger charge is 2.19. The number of ether oxygens (including phenoxy) is 1. The highest BCUT2D eigenvalue weighted by atomic mass is 16.5. The third-order valence-corrected chi connectivity index (χ3v) is 3.67. The van der Waals surface area contributed by atoms with E-state index in [1.807, 2.05) is 55.9 Å². The molecule has 0 aliphatic carbocycles. The maximum atomic E-state index is 12.3. The van der Waals surface area contributed by atoms with Gasteiger partial charge >= 0.3 is 5.97 Å². The van der Waals surface area contributed by atoms with Gasteiger partial charge < -0.3 is 14.6 Å². The predicted octanol–water partition coefficient (Wildman–Crippen LogP) is 3.10. The fraction of sp³-hybridized carbons (Fsp3) is 0.368. The van der Waals surface area contributed by atoms with Crippen molar-refractivity contribution in [1.29, 1.82) is 0 Å². The molecule has 0 aliphatic rings. The van der Waals surface area contributed by atoms with E-state index < -0.39 is 12.1 Å². The fourth-order valence-electron chi connectivity index (χ4n) is 2.24. The maximum absolute atomic E-state index is 12.3. The monoisotopic (exact) mass is 328 g/mol. The summed E-state index contributed by atoms with van der Waals surface area (Å²) in [5.74, 6) is -0.441. The number of rotatable bonds is 6. The largest absolute Gasteiger partial charge is 0.449 e. The van der Waals surface area contributed by atoms with E-state index >= 15 is 0 Å². The van der Waals surface area contributed by atoms with Gasteiger partial charge in [0.15, 0.2) is 6.10 Å². The lowest BCUT2D eigenvalue weighted by atomic mass is 10.1. The van der Waals surface area contributed by atoms with Crippen LogP contribution in [0.25, 0.3) is 5.69 Å². The molecule has 1 amide bonds. The molecule has 1 heterocycles. The zero-order chi connectivity index (χ0) is 17.7. The van der Waals surface area contributed by atoms with E-state index in [1.165, 1.54) is 0 Å². The Morgan fingerprint density at radius 2 is 1.83 bits per heavy atom. The quantitative estimate of drug-likeness (QED) is 0.829. The molecule has 0 fully saturated rings. The number of carbonyl (C=O) groups is 2. The van der Waals surface area contributed by atoms with Crippen molar-refractivity contribution in [1.82, 2.24) is 9.88 Å². The summed E-state index contributed by atoms with van der Waals surface area (Å²) in [5, 5.41) is 2.76. The Kier molecular flexibility index (Phi) is 5.79. The minimum Gasteiger partial charge on any atom is -0.449 e. The predicted molar refractivity (Wildman–Crippen MR) is 93.2 cm³/mol. The van der Waals surface area contributed by atoms with Crippen molar-refractivity contribution in [3.8, 4) is 5.69 Å². The first-order valence-electron chi connectivity index (χ1n) is 8.11. The summed E-state index contributed by atoms with van der Waals surface area (Å²) in [7, 11) is 0. The number of hydrogen-bond acceptors (Lipinski definition) is 3.